The van der Waals surface area contributed by atoms with E-state index in [0.717, 1.165) is 16.4 Å². The summed E-state index contributed by atoms with van der Waals surface area (Å²) in [6.45, 7) is 0. The van der Waals surface area contributed by atoms with E-state index in [1.165, 1.54) is 11.3 Å². The molecule has 0 spiro atoms. The van der Waals surface area contributed by atoms with Crippen molar-refractivity contribution >= 4 is 33.9 Å². The van der Waals surface area contributed by atoms with Crippen LogP contribution in [0, 0.1) is 0 Å². The first-order chi connectivity index (χ1) is 15.0. The Morgan fingerprint density at radius 2 is 1.87 bits per heavy atom. The number of carbonyl (C=O) groups excluding carboxylic acids is 1. The van der Waals surface area contributed by atoms with Crippen LogP contribution in [-0.4, -0.2) is 30.0 Å². The van der Waals surface area contributed by atoms with E-state index in [2.05, 4.69) is 10.3 Å². The molecule has 156 valence electrons. The zero-order valence-corrected chi connectivity index (χ0v) is 17.9. The molecule has 0 radical (unpaired) electrons. The van der Waals surface area contributed by atoms with Gasteiger partial charge in [-0.05, 0) is 24.3 Å². The van der Waals surface area contributed by atoms with Gasteiger partial charge in [0.2, 0.25) is 11.0 Å². The molecule has 2 aromatic carbocycles. The van der Waals surface area contributed by atoms with E-state index in [4.69, 9.17) is 15.5 Å². The van der Waals surface area contributed by atoms with Gasteiger partial charge in [0.05, 0.1) is 0 Å². The Bertz CT molecular complexity index is 1210. The molecule has 0 saturated carbocycles. The third kappa shape index (κ3) is 4.81. The lowest BCUT2D eigenvalue weighted by Crippen LogP contribution is -2.10. The van der Waals surface area contributed by atoms with Crippen molar-refractivity contribution in [1.82, 2.24) is 9.97 Å². The number of primary amides is 1. The van der Waals surface area contributed by atoms with Gasteiger partial charge in [-0.2, -0.15) is 0 Å². The van der Waals surface area contributed by atoms with Crippen molar-refractivity contribution < 1.29 is 9.53 Å². The zero-order valence-electron chi connectivity index (χ0n) is 17.1. The highest BCUT2D eigenvalue weighted by atomic mass is 32.1. The zero-order chi connectivity index (χ0) is 21.8. The lowest BCUT2D eigenvalue weighted by Gasteiger charge is -2.09. The van der Waals surface area contributed by atoms with Gasteiger partial charge >= 0.3 is 0 Å². The summed E-state index contributed by atoms with van der Waals surface area (Å²) in [4.78, 5) is 22.4. The molecule has 7 nitrogen and oxygen atoms in total. The van der Waals surface area contributed by atoms with Crippen LogP contribution in [0.2, 0.25) is 0 Å². The second kappa shape index (κ2) is 8.85. The quantitative estimate of drug-likeness (QED) is 0.432. The summed E-state index contributed by atoms with van der Waals surface area (Å²) in [5.41, 5.74) is 8.26. The summed E-state index contributed by atoms with van der Waals surface area (Å²) in [7, 11) is 3.90. The van der Waals surface area contributed by atoms with E-state index in [1.54, 1.807) is 36.5 Å². The van der Waals surface area contributed by atoms with E-state index in [9.17, 15) is 4.79 Å². The number of hydrogen-bond donors (Lipinski definition) is 2. The van der Waals surface area contributed by atoms with Crippen LogP contribution in [0.25, 0.3) is 11.3 Å². The molecule has 0 fully saturated rings. The molecule has 0 unspecified atom stereocenters. The van der Waals surface area contributed by atoms with Gasteiger partial charge in [0, 0.05) is 43.2 Å². The summed E-state index contributed by atoms with van der Waals surface area (Å²) in [5, 5.41) is 4.72. The monoisotopic (exact) mass is 431 g/mol. The number of ether oxygens (including phenoxy) is 1. The molecule has 0 atom stereocenters. The summed E-state index contributed by atoms with van der Waals surface area (Å²) in [6.07, 6.45) is 1.66. The van der Waals surface area contributed by atoms with E-state index in [1.807, 2.05) is 55.4 Å². The first-order valence-electron chi connectivity index (χ1n) is 9.54. The molecule has 0 saturated heterocycles. The molecule has 0 aliphatic carbocycles. The Labute approximate surface area is 184 Å². The van der Waals surface area contributed by atoms with Crippen LogP contribution in [0.5, 0.6) is 10.8 Å². The summed E-state index contributed by atoms with van der Waals surface area (Å²) in [5.74, 6) is 0.719. The standard InChI is InChI=1S/C23H21N5O2S/c1-28(2)23-27-20(15-7-4-3-5-8-15)22(31-23)30-18-11-12-25-19(14-18)26-17-10-6-9-16(13-17)21(24)29/h3-14H,1-2H3,(H2,24,29)(H,25,26). The molecule has 1 amide bonds. The lowest BCUT2D eigenvalue weighted by molar-refractivity contribution is 0.100. The number of anilines is 3. The fourth-order valence-electron chi connectivity index (χ4n) is 2.88. The average Bonchev–Trinajstić information content (AvgIpc) is 3.19. The minimum absolute atomic E-state index is 0.422. The SMILES string of the molecule is CN(C)c1nc(-c2ccccc2)c(Oc2ccnc(Nc3cccc(C(N)=O)c3)c2)s1. The Morgan fingerprint density at radius 3 is 2.61 bits per heavy atom. The number of hydrogen-bond acceptors (Lipinski definition) is 7. The van der Waals surface area contributed by atoms with Crippen LogP contribution in [0.1, 0.15) is 10.4 Å². The molecule has 8 heteroatoms. The highest BCUT2D eigenvalue weighted by molar-refractivity contribution is 7.17. The van der Waals surface area contributed by atoms with E-state index >= 15 is 0 Å². The largest absolute Gasteiger partial charge is 0.444 e. The predicted octanol–water partition coefficient (Wildman–Crippen LogP) is 4.91. The minimum Gasteiger partial charge on any atom is -0.444 e. The van der Waals surface area contributed by atoms with E-state index in [-0.39, 0.29) is 0 Å². The van der Waals surface area contributed by atoms with Crippen molar-refractivity contribution in [3.8, 4) is 22.1 Å². The minimum atomic E-state index is -0.482. The summed E-state index contributed by atoms with van der Waals surface area (Å²) in [6, 6.07) is 20.4. The highest BCUT2D eigenvalue weighted by Gasteiger charge is 2.17. The Balaban J connectivity index is 1.61. The fourth-order valence-corrected chi connectivity index (χ4v) is 3.77. The molecule has 4 rings (SSSR count). The number of carbonyl (C=O) groups is 1. The van der Waals surface area contributed by atoms with Gasteiger partial charge in [-0.25, -0.2) is 9.97 Å². The van der Waals surface area contributed by atoms with Crippen LogP contribution >= 0.6 is 11.3 Å². The Hall–Kier alpha value is -3.91. The molecule has 0 bridgehead atoms. The molecular formula is C23H21N5O2S. The van der Waals surface area contributed by atoms with Gasteiger partial charge in [0.15, 0.2) is 5.13 Å². The van der Waals surface area contributed by atoms with Crippen LogP contribution in [0.3, 0.4) is 0 Å². The van der Waals surface area contributed by atoms with E-state index < -0.39 is 5.91 Å². The maximum absolute atomic E-state index is 11.4. The second-order valence-electron chi connectivity index (χ2n) is 6.94. The maximum Gasteiger partial charge on any atom is 0.248 e. The van der Waals surface area contributed by atoms with Crippen molar-refractivity contribution in [2.75, 3.05) is 24.3 Å². The first-order valence-corrected chi connectivity index (χ1v) is 10.4. The van der Waals surface area contributed by atoms with Gasteiger partial charge in [0.1, 0.15) is 17.3 Å². The lowest BCUT2D eigenvalue weighted by atomic mass is 10.2. The molecule has 2 aromatic heterocycles. The second-order valence-corrected chi connectivity index (χ2v) is 7.88. The van der Waals surface area contributed by atoms with Gasteiger partial charge < -0.3 is 20.7 Å². The van der Waals surface area contributed by atoms with Crippen molar-refractivity contribution in [3.63, 3.8) is 0 Å². The molecule has 4 aromatic rings. The van der Waals surface area contributed by atoms with Crippen molar-refractivity contribution in [2.24, 2.45) is 5.73 Å². The van der Waals surface area contributed by atoms with Crippen molar-refractivity contribution in [3.05, 3.63) is 78.5 Å². The smallest absolute Gasteiger partial charge is 0.248 e. The number of nitrogens with one attached hydrogen (secondary N) is 1. The van der Waals surface area contributed by atoms with Gasteiger partial charge in [-0.1, -0.05) is 47.7 Å². The molecule has 31 heavy (non-hydrogen) atoms. The van der Waals surface area contributed by atoms with Crippen molar-refractivity contribution in [1.29, 1.82) is 0 Å². The number of benzene rings is 2. The third-order valence-corrected chi connectivity index (χ3v) is 5.48. The fraction of sp³-hybridized carbons (Fsp3) is 0.0870. The number of thiazole rings is 1. The first kappa shape index (κ1) is 20.4. The highest BCUT2D eigenvalue weighted by Crippen LogP contribution is 2.41. The molecule has 2 heterocycles. The van der Waals surface area contributed by atoms with E-state index in [0.29, 0.717) is 27.9 Å². The summed E-state index contributed by atoms with van der Waals surface area (Å²) >= 11 is 1.47. The normalized spacial score (nSPS) is 10.5. The number of nitrogens with zero attached hydrogens (tertiary/aromatic N) is 3. The predicted molar refractivity (Wildman–Crippen MR) is 124 cm³/mol. The number of nitrogens with two attached hydrogens (primary N) is 1. The molecule has 0 aliphatic rings. The van der Waals surface area contributed by atoms with Gasteiger partial charge in [-0.15, -0.1) is 0 Å². The van der Waals surface area contributed by atoms with Crippen molar-refractivity contribution in [2.45, 2.75) is 0 Å². The number of amides is 1. The van der Waals surface area contributed by atoms with Gasteiger partial charge in [-0.3, -0.25) is 4.79 Å². The Kier molecular flexibility index (Phi) is 5.81. The van der Waals surface area contributed by atoms with Gasteiger partial charge in [0.25, 0.3) is 0 Å². The maximum atomic E-state index is 11.4. The van der Waals surface area contributed by atoms with Crippen LogP contribution < -0.4 is 20.7 Å². The molecular weight excluding hydrogens is 410 g/mol. The number of aromatic nitrogens is 2. The average molecular weight is 432 g/mol. The van der Waals surface area contributed by atoms with Crippen LogP contribution in [0.4, 0.5) is 16.6 Å². The topological polar surface area (TPSA) is 93.4 Å². The third-order valence-electron chi connectivity index (χ3n) is 4.38. The number of pyridine rings is 1. The van der Waals surface area contributed by atoms with Crippen LogP contribution in [-0.2, 0) is 0 Å². The molecule has 3 N–H and O–H groups in total. The molecule has 0 aliphatic heterocycles. The summed E-state index contributed by atoms with van der Waals surface area (Å²) < 4.78 is 6.21. The Morgan fingerprint density at radius 1 is 1.06 bits per heavy atom. The number of rotatable bonds is 7. The van der Waals surface area contributed by atoms with Crippen LogP contribution in [0.15, 0.2) is 72.9 Å².